The van der Waals surface area contributed by atoms with Gasteiger partial charge in [-0.1, -0.05) is 48.5 Å². The van der Waals surface area contributed by atoms with E-state index in [1.165, 1.54) is 4.90 Å². The van der Waals surface area contributed by atoms with Gasteiger partial charge in [-0.15, -0.1) is 0 Å². The number of carbonyl (C=O) groups is 2. The van der Waals surface area contributed by atoms with Crippen LogP contribution in [0.25, 0.3) is 16.8 Å². The molecule has 0 fully saturated rings. The van der Waals surface area contributed by atoms with E-state index < -0.39 is 6.10 Å². The Morgan fingerprint density at radius 3 is 2.42 bits per heavy atom. The van der Waals surface area contributed by atoms with Crippen LogP contribution in [0.3, 0.4) is 0 Å². The zero-order valence-electron chi connectivity index (χ0n) is 18.3. The van der Waals surface area contributed by atoms with Crippen molar-refractivity contribution in [3.63, 3.8) is 0 Å². The van der Waals surface area contributed by atoms with E-state index in [1.807, 2.05) is 55.5 Å². The van der Waals surface area contributed by atoms with Crippen LogP contribution in [0.1, 0.15) is 29.8 Å². The van der Waals surface area contributed by atoms with Gasteiger partial charge < -0.3 is 14.4 Å². The van der Waals surface area contributed by atoms with E-state index in [0.717, 1.165) is 16.3 Å². The second kappa shape index (κ2) is 9.94. The van der Waals surface area contributed by atoms with Gasteiger partial charge in [-0.3, -0.25) is 9.59 Å². The van der Waals surface area contributed by atoms with Crippen molar-refractivity contribution in [2.75, 3.05) is 20.7 Å². The number of nitrogens with zero attached hydrogens (tertiary/aromatic N) is 1. The first-order chi connectivity index (χ1) is 14.9. The number of benzene rings is 3. The van der Waals surface area contributed by atoms with Crippen LogP contribution < -0.4 is 9.47 Å². The molecule has 31 heavy (non-hydrogen) atoms. The first-order valence-corrected chi connectivity index (χ1v) is 10.2. The van der Waals surface area contributed by atoms with Crippen LogP contribution in [0.4, 0.5) is 0 Å². The molecule has 3 rings (SSSR count). The summed E-state index contributed by atoms with van der Waals surface area (Å²) >= 11 is 0. The zero-order chi connectivity index (χ0) is 22.4. The minimum absolute atomic E-state index is 0.0748. The number of fused-ring (bicyclic) bond motifs is 1. The van der Waals surface area contributed by atoms with Crippen LogP contribution in [0.15, 0.2) is 66.7 Å². The quantitative estimate of drug-likeness (QED) is 0.383. The third-order valence-electron chi connectivity index (χ3n) is 4.82. The molecule has 0 saturated heterocycles. The number of carbonyl (C=O) groups excluding carboxylic acids is 2. The second-order valence-electron chi connectivity index (χ2n) is 7.39. The molecule has 0 heterocycles. The maximum atomic E-state index is 12.6. The number of amides is 1. The summed E-state index contributed by atoms with van der Waals surface area (Å²) < 4.78 is 11.5. The molecule has 0 radical (unpaired) electrons. The fourth-order valence-electron chi connectivity index (χ4n) is 3.21. The maximum absolute atomic E-state index is 12.6. The van der Waals surface area contributed by atoms with Crippen LogP contribution in [-0.4, -0.2) is 43.4 Å². The molecule has 1 atom stereocenters. The molecule has 3 aromatic rings. The van der Waals surface area contributed by atoms with Crippen molar-refractivity contribution >= 4 is 28.5 Å². The molecular formula is C26H27NO4. The second-order valence-corrected chi connectivity index (χ2v) is 7.39. The van der Waals surface area contributed by atoms with E-state index in [9.17, 15) is 9.59 Å². The molecule has 0 unspecified atom stereocenters. The molecule has 5 heteroatoms. The lowest BCUT2D eigenvalue weighted by atomic mass is 10.0. The van der Waals surface area contributed by atoms with Gasteiger partial charge in [0.05, 0.1) is 6.61 Å². The summed E-state index contributed by atoms with van der Waals surface area (Å²) in [5, 5.41) is 2.13. The van der Waals surface area contributed by atoms with Crippen molar-refractivity contribution in [2.45, 2.75) is 20.0 Å². The molecule has 0 aromatic heterocycles. The zero-order valence-corrected chi connectivity index (χ0v) is 18.3. The minimum atomic E-state index is -0.634. The smallest absolute Gasteiger partial charge is 0.262 e. The van der Waals surface area contributed by atoms with Crippen molar-refractivity contribution in [3.05, 3.63) is 77.9 Å². The van der Waals surface area contributed by atoms with E-state index in [-0.39, 0.29) is 11.7 Å². The SMILES string of the molecule is CCOc1cc(/C=C/C(=O)c2ccc3ccccc3c2)ccc1O[C@H](C)C(=O)N(C)C. The summed E-state index contributed by atoms with van der Waals surface area (Å²) in [4.78, 5) is 26.2. The van der Waals surface area contributed by atoms with Crippen molar-refractivity contribution in [1.82, 2.24) is 4.90 Å². The van der Waals surface area contributed by atoms with Crippen LogP contribution in [-0.2, 0) is 4.79 Å². The van der Waals surface area contributed by atoms with Crippen molar-refractivity contribution < 1.29 is 19.1 Å². The van der Waals surface area contributed by atoms with Gasteiger partial charge >= 0.3 is 0 Å². The molecule has 0 saturated carbocycles. The van der Waals surface area contributed by atoms with E-state index in [1.54, 1.807) is 45.3 Å². The largest absolute Gasteiger partial charge is 0.490 e. The lowest BCUT2D eigenvalue weighted by Gasteiger charge is -2.20. The van der Waals surface area contributed by atoms with Crippen LogP contribution in [0.2, 0.25) is 0 Å². The van der Waals surface area contributed by atoms with Crippen LogP contribution >= 0.6 is 0 Å². The third kappa shape index (κ3) is 5.51. The van der Waals surface area contributed by atoms with Gasteiger partial charge in [0.1, 0.15) is 0 Å². The number of rotatable bonds is 8. The van der Waals surface area contributed by atoms with Crippen LogP contribution in [0.5, 0.6) is 11.5 Å². The maximum Gasteiger partial charge on any atom is 0.262 e. The van der Waals surface area contributed by atoms with Gasteiger partial charge in [0.2, 0.25) is 0 Å². The monoisotopic (exact) mass is 417 g/mol. The van der Waals surface area contributed by atoms with Gasteiger partial charge in [-0.05, 0) is 54.5 Å². The summed E-state index contributed by atoms with van der Waals surface area (Å²) in [7, 11) is 3.37. The molecule has 0 aliphatic heterocycles. The fourth-order valence-corrected chi connectivity index (χ4v) is 3.21. The van der Waals surface area contributed by atoms with E-state index in [0.29, 0.717) is 23.7 Å². The standard InChI is InChI=1S/C26H27NO4/c1-5-30-25-16-19(11-15-24(25)31-18(2)26(29)27(3)4)10-14-23(28)22-13-12-20-8-6-7-9-21(20)17-22/h6-18H,5H2,1-4H3/b14-10+/t18-/m1/s1. The van der Waals surface area contributed by atoms with E-state index in [4.69, 9.17) is 9.47 Å². The molecule has 160 valence electrons. The molecule has 1 amide bonds. The topological polar surface area (TPSA) is 55.8 Å². The Kier molecular flexibility index (Phi) is 7.08. The highest BCUT2D eigenvalue weighted by Crippen LogP contribution is 2.30. The molecule has 0 aliphatic rings. The fraction of sp³-hybridized carbons (Fsp3) is 0.231. The third-order valence-corrected chi connectivity index (χ3v) is 4.82. The predicted molar refractivity (Wildman–Crippen MR) is 124 cm³/mol. The molecule has 0 N–H and O–H groups in total. The number of ether oxygens (including phenoxy) is 2. The highest BCUT2D eigenvalue weighted by atomic mass is 16.5. The van der Waals surface area contributed by atoms with Gasteiger partial charge in [0, 0.05) is 19.7 Å². The average molecular weight is 418 g/mol. The van der Waals surface area contributed by atoms with Crippen molar-refractivity contribution in [3.8, 4) is 11.5 Å². The van der Waals surface area contributed by atoms with Crippen molar-refractivity contribution in [2.24, 2.45) is 0 Å². The minimum Gasteiger partial charge on any atom is -0.490 e. The van der Waals surface area contributed by atoms with Gasteiger partial charge in [0.25, 0.3) is 5.91 Å². The molecule has 0 aliphatic carbocycles. The average Bonchev–Trinajstić information content (AvgIpc) is 2.78. The first kappa shape index (κ1) is 22.1. The Morgan fingerprint density at radius 2 is 1.71 bits per heavy atom. The summed E-state index contributed by atoms with van der Waals surface area (Å²) in [5.41, 5.74) is 1.44. The Labute approximate surface area is 182 Å². The summed E-state index contributed by atoms with van der Waals surface area (Å²) in [6.07, 6.45) is 2.66. The summed E-state index contributed by atoms with van der Waals surface area (Å²) in [5.74, 6) is 0.811. The van der Waals surface area contributed by atoms with Gasteiger partial charge in [0.15, 0.2) is 23.4 Å². The Balaban J connectivity index is 1.78. The normalized spacial score (nSPS) is 12.0. The number of ketones is 1. The molecule has 0 bridgehead atoms. The first-order valence-electron chi connectivity index (χ1n) is 10.2. The Bertz CT molecular complexity index is 1120. The van der Waals surface area contributed by atoms with Crippen molar-refractivity contribution in [1.29, 1.82) is 0 Å². The number of allylic oxidation sites excluding steroid dienone is 1. The molecule has 5 nitrogen and oxygen atoms in total. The molecule has 3 aromatic carbocycles. The number of hydrogen-bond acceptors (Lipinski definition) is 4. The highest BCUT2D eigenvalue weighted by Gasteiger charge is 2.18. The van der Waals surface area contributed by atoms with Gasteiger partial charge in [-0.25, -0.2) is 0 Å². The molecule has 0 spiro atoms. The van der Waals surface area contributed by atoms with Crippen LogP contribution in [0, 0.1) is 0 Å². The highest BCUT2D eigenvalue weighted by molar-refractivity contribution is 6.08. The number of hydrogen-bond donors (Lipinski definition) is 0. The lowest BCUT2D eigenvalue weighted by molar-refractivity contribution is -0.135. The Morgan fingerprint density at radius 1 is 0.968 bits per heavy atom. The number of likely N-dealkylation sites (N-methyl/N-ethyl adjacent to an activating group) is 1. The Hall–Kier alpha value is -3.60. The predicted octanol–water partition coefficient (Wildman–Crippen LogP) is 4.99. The van der Waals surface area contributed by atoms with E-state index >= 15 is 0 Å². The molecular weight excluding hydrogens is 390 g/mol. The summed E-state index contributed by atoms with van der Waals surface area (Å²) in [6.45, 7) is 4.04. The summed E-state index contributed by atoms with van der Waals surface area (Å²) in [6, 6.07) is 19.0. The van der Waals surface area contributed by atoms with Gasteiger partial charge in [-0.2, -0.15) is 0 Å². The van der Waals surface area contributed by atoms with E-state index in [2.05, 4.69) is 0 Å². The lowest BCUT2D eigenvalue weighted by Crippen LogP contribution is -2.35.